The first-order valence-corrected chi connectivity index (χ1v) is 4.90. The van der Waals surface area contributed by atoms with Crippen molar-refractivity contribution in [3.05, 3.63) is 15.3 Å². The standard InChI is InChI=1S/C4H11NOS.NO3/c1-3-7(5,6)4-2;2-1(3)4/h5H,3-4H2,1-2H3;/q;-1/p+1. The summed E-state index contributed by atoms with van der Waals surface area (Å²) in [7, 11) is -1.91. The molecule has 6 nitrogen and oxygen atoms in total. The van der Waals surface area contributed by atoms with Gasteiger partial charge in [0, 0.05) is 0 Å². The van der Waals surface area contributed by atoms with Crippen molar-refractivity contribution in [3.8, 4) is 0 Å². The van der Waals surface area contributed by atoms with Crippen LogP contribution in [0.3, 0.4) is 0 Å². The van der Waals surface area contributed by atoms with Crippen LogP contribution in [-0.2, 0) is 9.73 Å². The summed E-state index contributed by atoms with van der Waals surface area (Å²) in [6, 6.07) is 0. The van der Waals surface area contributed by atoms with Gasteiger partial charge in [-0.3, -0.25) is 0 Å². The molecule has 0 fully saturated rings. The minimum Gasteiger partial charge on any atom is -0.356 e. The molecule has 0 bridgehead atoms. The summed E-state index contributed by atoms with van der Waals surface area (Å²) < 4.78 is 15.9. The van der Waals surface area contributed by atoms with Crippen molar-refractivity contribution >= 4 is 9.73 Å². The molecule has 0 aliphatic rings. The minimum atomic E-state index is -1.91. The summed E-state index contributed by atoms with van der Waals surface area (Å²) >= 11 is 0. The Labute approximate surface area is 65.3 Å². The second kappa shape index (κ2) is 5.90. The second-order valence-corrected chi connectivity index (χ2v) is 4.56. The largest absolute Gasteiger partial charge is 0.356 e. The van der Waals surface area contributed by atoms with Gasteiger partial charge in [-0.15, -0.1) is 0 Å². The van der Waals surface area contributed by atoms with E-state index in [2.05, 4.69) is 0 Å². The molecule has 0 unspecified atom stereocenters. The highest BCUT2D eigenvalue weighted by molar-refractivity contribution is 7.90. The topological polar surface area (TPSA) is 109 Å². The predicted octanol–water partition coefficient (Wildman–Crippen LogP) is -0.986. The van der Waals surface area contributed by atoms with Gasteiger partial charge in [-0.25, -0.2) is 8.99 Å². The lowest BCUT2D eigenvalue weighted by Crippen LogP contribution is -2.41. The Balaban J connectivity index is 0. The van der Waals surface area contributed by atoms with Crippen molar-refractivity contribution in [2.45, 2.75) is 13.8 Å². The van der Waals surface area contributed by atoms with E-state index in [0.717, 1.165) is 0 Å². The normalized spacial score (nSPS) is 9.64. The van der Waals surface area contributed by atoms with Gasteiger partial charge in [-0.05, 0) is 13.8 Å². The number of nitrogens with zero attached hydrogens (tertiary/aromatic N) is 1. The van der Waals surface area contributed by atoms with E-state index >= 15 is 0 Å². The number of rotatable bonds is 2. The van der Waals surface area contributed by atoms with Gasteiger partial charge in [0.05, 0.1) is 16.6 Å². The maximum atomic E-state index is 10.7. The fraction of sp³-hybridized carbons (Fsp3) is 1.00. The van der Waals surface area contributed by atoms with Crippen LogP contribution in [0.15, 0.2) is 0 Å². The summed E-state index contributed by atoms with van der Waals surface area (Å²) in [6.07, 6.45) is 0. The molecular formula is C4H12N2O4S. The Bertz CT molecular complexity index is 184. The molecule has 7 heteroatoms. The number of hydrogen-bond acceptors (Lipinski definition) is 4. The summed E-state index contributed by atoms with van der Waals surface area (Å²) in [5.41, 5.74) is 0. The van der Waals surface area contributed by atoms with Crippen molar-refractivity contribution in [2.75, 3.05) is 11.5 Å². The van der Waals surface area contributed by atoms with E-state index in [9.17, 15) is 4.21 Å². The maximum Gasteiger partial charge on any atom is 0.149 e. The van der Waals surface area contributed by atoms with Crippen molar-refractivity contribution in [1.29, 1.82) is 0 Å². The van der Waals surface area contributed by atoms with E-state index in [1.165, 1.54) is 0 Å². The molecule has 0 heterocycles. The van der Waals surface area contributed by atoms with Crippen LogP contribution < -0.4 is 4.78 Å². The second-order valence-electron chi connectivity index (χ2n) is 1.67. The molecule has 0 aromatic carbocycles. The smallest absolute Gasteiger partial charge is 0.149 e. The molecule has 0 saturated heterocycles. The molecule has 68 valence electrons. The minimum absolute atomic E-state index is 0.601. The third kappa shape index (κ3) is 17.6. The molecular weight excluding hydrogens is 172 g/mol. The Kier molecular flexibility index (Phi) is 6.86. The molecule has 0 rings (SSSR count). The highest BCUT2D eigenvalue weighted by Gasteiger charge is 2.00. The molecule has 11 heavy (non-hydrogen) atoms. The van der Waals surface area contributed by atoms with E-state index in [0.29, 0.717) is 11.5 Å². The summed E-state index contributed by atoms with van der Waals surface area (Å²) in [5.74, 6) is 1.20. The highest BCUT2D eigenvalue weighted by atomic mass is 32.2. The van der Waals surface area contributed by atoms with Crippen LogP contribution >= 0.6 is 0 Å². The van der Waals surface area contributed by atoms with Crippen LogP contribution in [0.4, 0.5) is 0 Å². The van der Waals surface area contributed by atoms with Gasteiger partial charge in [0.25, 0.3) is 0 Å². The number of hydrogen-bond donors (Lipinski definition) is 1. The third-order valence-corrected chi connectivity index (χ3v) is 2.93. The number of nitrogens with two attached hydrogens (primary N) is 1. The van der Waals surface area contributed by atoms with Gasteiger partial charge in [-0.1, -0.05) is 0 Å². The molecule has 0 atom stereocenters. The lowest BCUT2D eigenvalue weighted by molar-refractivity contribution is -0.402. The Hall–Kier alpha value is -0.850. The van der Waals surface area contributed by atoms with Crippen molar-refractivity contribution in [2.24, 2.45) is 0 Å². The van der Waals surface area contributed by atoms with E-state index in [4.69, 9.17) is 20.1 Å². The Morgan fingerprint density at radius 2 is 1.55 bits per heavy atom. The average Bonchev–Trinajstić information content (AvgIpc) is 1.87. The molecule has 0 saturated carbocycles. The van der Waals surface area contributed by atoms with Crippen LogP contribution in [0.5, 0.6) is 0 Å². The SMILES string of the molecule is CCS(=[NH2+])(=O)CC.O=[N+]([O-])[O-]. The van der Waals surface area contributed by atoms with E-state index in [-0.39, 0.29) is 0 Å². The van der Waals surface area contributed by atoms with Crippen molar-refractivity contribution < 1.29 is 14.1 Å². The third-order valence-electron chi connectivity index (χ3n) is 0.977. The van der Waals surface area contributed by atoms with E-state index in [1.807, 2.05) is 13.8 Å². The Morgan fingerprint density at radius 1 is 1.36 bits per heavy atom. The molecule has 0 aromatic rings. The first-order chi connectivity index (χ1) is 4.85. The van der Waals surface area contributed by atoms with Crippen LogP contribution in [0.1, 0.15) is 13.8 Å². The van der Waals surface area contributed by atoms with Crippen LogP contribution in [-0.4, -0.2) is 20.8 Å². The van der Waals surface area contributed by atoms with E-state index < -0.39 is 14.8 Å². The fourth-order valence-corrected chi connectivity index (χ4v) is 0.612. The van der Waals surface area contributed by atoms with E-state index in [1.54, 1.807) is 0 Å². The Morgan fingerprint density at radius 3 is 1.55 bits per heavy atom. The van der Waals surface area contributed by atoms with Gasteiger partial charge in [-0.2, -0.15) is 0 Å². The molecule has 0 aliphatic heterocycles. The first kappa shape index (κ1) is 12.8. The zero-order chi connectivity index (χ0) is 9.49. The van der Waals surface area contributed by atoms with Crippen molar-refractivity contribution in [1.82, 2.24) is 0 Å². The zero-order valence-corrected chi connectivity index (χ0v) is 7.30. The van der Waals surface area contributed by atoms with Gasteiger partial charge >= 0.3 is 0 Å². The monoisotopic (exact) mass is 184 g/mol. The molecule has 0 amide bonds. The summed E-state index contributed by atoms with van der Waals surface area (Å²) in [5, 5.41) is 14.8. The molecule has 0 aliphatic carbocycles. The maximum absolute atomic E-state index is 10.7. The first-order valence-electron chi connectivity index (χ1n) is 2.94. The molecule has 2 N–H and O–H groups in total. The van der Waals surface area contributed by atoms with Crippen LogP contribution in [0.2, 0.25) is 0 Å². The average molecular weight is 184 g/mol. The molecule has 0 spiro atoms. The highest BCUT2D eigenvalue weighted by Crippen LogP contribution is 1.80. The van der Waals surface area contributed by atoms with Gasteiger partial charge in [0.15, 0.2) is 0 Å². The molecule has 0 radical (unpaired) electrons. The predicted molar refractivity (Wildman–Crippen MR) is 41.5 cm³/mol. The van der Waals surface area contributed by atoms with Crippen molar-refractivity contribution in [3.63, 3.8) is 0 Å². The fourth-order valence-electron chi connectivity index (χ4n) is 0.204. The summed E-state index contributed by atoms with van der Waals surface area (Å²) in [6.45, 7) is 3.68. The lowest BCUT2D eigenvalue weighted by atomic mass is 11.0. The van der Waals surface area contributed by atoms with Gasteiger partial charge in [0.1, 0.15) is 9.73 Å². The van der Waals surface area contributed by atoms with Gasteiger partial charge < -0.3 is 15.3 Å². The quantitative estimate of drug-likeness (QED) is 0.439. The zero-order valence-electron chi connectivity index (χ0n) is 6.48. The van der Waals surface area contributed by atoms with Crippen LogP contribution in [0.25, 0.3) is 0 Å². The summed E-state index contributed by atoms with van der Waals surface area (Å²) in [4.78, 5) is 8.25. The lowest BCUT2D eigenvalue weighted by Gasteiger charge is -1.88. The van der Waals surface area contributed by atoms with Crippen LogP contribution in [0, 0.1) is 15.3 Å². The van der Waals surface area contributed by atoms with Gasteiger partial charge in [0.2, 0.25) is 0 Å². The molecule has 0 aromatic heterocycles.